The van der Waals surface area contributed by atoms with Gasteiger partial charge in [-0.25, -0.2) is 5.43 Å². The molecule has 0 bridgehead atoms. The third-order valence-corrected chi connectivity index (χ3v) is 4.80. The molecule has 2 aromatic carbocycles. The van der Waals surface area contributed by atoms with E-state index in [9.17, 15) is 9.90 Å². The first kappa shape index (κ1) is 18.9. The monoisotopic (exact) mass is 425 g/mol. The van der Waals surface area contributed by atoms with Crippen molar-refractivity contribution >= 4 is 28.1 Å². The first-order chi connectivity index (χ1) is 12.9. The maximum absolute atomic E-state index is 12.2. The molecule has 1 aromatic heterocycles. The Morgan fingerprint density at radius 2 is 1.93 bits per heavy atom. The number of aromatic nitrogens is 1. The predicted molar refractivity (Wildman–Crippen MR) is 111 cm³/mol. The lowest BCUT2D eigenvalue weighted by Crippen LogP contribution is -2.17. The highest BCUT2D eigenvalue weighted by Gasteiger charge is 2.12. The highest BCUT2D eigenvalue weighted by molar-refractivity contribution is 9.10. The van der Waals surface area contributed by atoms with Gasteiger partial charge in [-0.05, 0) is 62.7 Å². The van der Waals surface area contributed by atoms with E-state index in [1.165, 1.54) is 11.6 Å². The Balaban J connectivity index is 1.81. The molecular formula is C21H20BrN3O2. The molecule has 0 aliphatic carbocycles. The number of phenolic OH excluding ortho intramolecular Hbond substituents is 1. The van der Waals surface area contributed by atoms with Crippen LogP contribution in [0, 0.1) is 20.8 Å². The third kappa shape index (κ3) is 4.11. The van der Waals surface area contributed by atoms with Gasteiger partial charge >= 0.3 is 0 Å². The lowest BCUT2D eigenvalue weighted by atomic mass is 10.2. The number of hydrazone groups is 1. The van der Waals surface area contributed by atoms with Gasteiger partial charge in [0.05, 0.1) is 11.8 Å². The molecule has 0 unspecified atom stereocenters. The molecule has 0 aliphatic heterocycles. The molecule has 3 aromatic rings. The maximum atomic E-state index is 12.2. The van der Waals surface area contributed by atoms with Crippen LogP contribution in [-0.2, 0) is 0 Å². The SMILES string of the molecule is Cc1cccc(-n2c(C)cc(/C=N/NC(=O)c3cc(Br)ccc3O)c2C)c1. The highest BCUT2D eigenvalue weighted by atomic mass is 79.9. The number of carbonyl (C=O) groups is 1. The third-order valence-electron chi connectivity index (χ3n) is 4.30. The van der Waals surface area contributed by atoms with Crippen LogP contribution >= 0.6 is 15.9 Å². The number of nitrogens with one attached hydrogen (secondary N) is 1. The van der Waals surface area contributed by atoms with Crippen LogP contribution < -0.4 is 5.43 Å². The van der Waals surface area contributed by atoms with Gasteiger partial charge in [0.1, 0.15) is 5.75 Å². The zero-order valence-electron chi connectivity index (χ0n) is 15.3. The van der Waals surface area contributed by atoms with Gasteiger partial charge in [0.15, 0.2) is 0 Å². The number of hydrogen-bond acceptors (Lipinski definition) is 3. The minimum atomic E-state index is -0.474. The normalized spacial score (nSPS) is 11.1. The lowest BCUT2D eigenvalue weighted by molar-refractivity contribution is 0.0952. The largest absolute Gasteiger partial charge is 0.507 e. The Morgan fingerprint density at radius 3 is 2.67 bits per heavy atom. The van der Waals surface area contributed by atoms with Crippen molar-refractivity contribution in [1.82, 2.24) is 9.99 Å². The van der Waals surface area contributed by atoms with E-state index in [4.69, 9.17) is 0 Å². The zero-order valence-corrected chi connectivity index (χ0v) is 16.9. The van der Waals surface area contributed by atoms with E-state index in [0.29, 0.717) is 4.47 Å². The van der Waals surface area contributed by atoms with Gasteiger partial charge in [0.25, 0.3) is 5.91 Å². The standard InChI is InChI=1S/C21H20BrN3O2/c1-13-5-4-6-18(9-13)25-14(2)10-16(15(25)3)12-23-24-21(27)19-11-17(22)7-8-20(19)26/h4-12,26H,1-3H3,(H,24,27)/b23-12+. The molecule has 0 fully saturated rings. The van der Waals surface area contributed by atoms with E-state index >= 15 is 0 Å². The molecule has 0 saturated heterocycles. The van der Waals surface area contributed by atoms with E-state index in [1.54, 1.807) is 18.3 Å². The Bertz CT molecular complexity index is 1040. The molecule has 138 valence electrons. The van der Waals surface area contributed by atoms with Crippen LogP contribution in [0.4, 0.5) is 0 Å². The van der Waals surface area contributed by atoms with Crippen LogP contribution in [0.3, 0.4) is 0 Å². The fraction of sp³-hybridized carbons (Fsp3) is 0.143. The number of rotatable bonds is 4. The topological polar surface area (TPSA) is 66.6 Å². The number of aromatic hydroxyl groups is 1. The van der Waals surface area contributed by atoms with Gasteiger partial charge in [-0.1, -0.05) is 28.1 Å². The van der Waals surface area contributed by atoms with Crippen LogP contribution in [0.15, 0.2) is 58.1 Å². The van der Waals surface area contributed by atoms with Gasteiger partial charge < -0.3 is 9.67 Å². The summed E-state index contributed by atoms with van der Waals surface area (Å²) < 4.78 is 2.85. The first-order valence-electron chi connectivity index (χ1n) is 8.44. The van der Waals surface area contributed by atoms with Crippen molar-refractivity contribution in [3.63, 3.8) is 0 Å². The fourth-order valence-corrected chi connectivity index (χ4v) is 3.35. The lowest BCUT2D eigenvalue weighted by Gasteiger charge is -2.10. The molecule has 3 rings (SSSR count). The summed E-state index contributed by atoms with van der Waals surface area (Å²) in [6.07, 6.45) is 1.61. The smallest absolute Gasteiger partial charge is 0.275 e. The fourth-order valence-electron chi connectivity index (χ4n) is 2.99. The van der Waals surface area contributed by atoms with Crippen molar-refractivity contribution in [2.45, 2.75) is 20.8 Å². The summed E-state index contributed by atoms with van der Waals surface area (Å²) in [7, 11) is 0. The summed E-state index contributed by atoms with van der Waals surface area (Å²) in [4.78, 5) is 12.2. The van der Waals surface area contributed by atoms with Crippen LogP contribution in [-0.4, -0.2) is 21.8 Å². The second-order valence-corrected chi connectivity index (χ2v) is 7.28. The second kappa shape index (κ2) is 7.80. The Labute approximate surface area is 166 Å². The Hall–Kier alpha value is -2.86. The summed E-state index contributed by atoms with van der Waals surface area (Å²) in [5.41, 5.74) is 7.92. The quantitative estimate of drug-likeness (QED) is 0.472. The number of phenols is 1. The maximum Gasteiger partial charge on any atom is 0.275 e. The molecule has 5 nitrogen and oxygen atoms in total. The van der Waals surface area contributed by atoms with Gasteiger partial charge in [-0.3, -0.25) is 4.79 Å². The molecule has 0 radical (unpaired) electrons. The van der Waals surface area contributed by atoms with Crippen molar-refractivity contribution in [1.29, 1.82) is 0 Å². The van der Waals surface area contributed by atoms with E-state index in [2.05, 4.69) is 56.1 Å². The van der Waals surface area contributed by atoms with Crippen LogP contribution in [0.5, 0.6) is 5.75 Å². The van der Waals surface area contributed by atoms with Crippen molar-refractivity contribution in [3.05, 3.63) is 81.1 Å². The number of hydrogen-bond donors (Lipinski definition) is 2. The molecule has 0 spiro atoms. The molecule has 1 heterocycles. The van der Waals surface area contributed by atoms with Gasteiger partial charge in [0, 0.05) is 27.1 Å². The first-order valence-corrected chi connectivity index (χ1v) is 9.24. The molecule has 27 heavy (non-hydrogen) atoms. The van der Waals surface area contributed by atoms with Crippen LogP contribution in [0.1, 0.15) is 32.9 Å². The Kier molecular flexibility index (Phi) is 5.46. The van der Waals surface area contributed by atoms with Crippen LogP contribution in [0.2, 0.25) is 0 Å². The summed E-state index contributed by atoms with van der Waals surface area (Å²) >= 11 is 3.28. The van der Waals surface area contributed by atoms with E-state index in [1.807, 2.05) is 26.0 Å². The molecule has 0 saturated carbocycles. The number of nitrogens with zero attached hydrogens (tertiary/aromatic N) is 2. The minimum Gasteiger partial charge on any atom is -0.507 e. The van der Waals surface area contributed by atoms with Crippen molar-refractivity contribution in [2.75, 3.05) is 0 Å². The molecule has 0 aliphatic rings. The molecular weight excluding hydrogens is 406 g/mol. The second-order valence-electron chi connectivity index (χ2n) is 6.36. The van der Waals surface area contributed by atoms with Crippen molar-refractivity contribution in [3.8, 4) is 11.4 Å². The van der Waals surface area contributed by atoms with E-state index in [-0.39, 0.29) is 11.3 Å². The summed E-state index contributed by atoms with van der Waals surface area (Å²) in [5.74, 6) is -0.568. The van der Waals surface area contributed by atoms with Crippen molar-refractivity contribution < 1.29 is 9.90 Å². The van der Waals surface area contributed by atoms with Crippen LogP contribution in [0.25, 0.3) is 5.69 Å². The summed E-state index contributed by atoms with van der Waals surface area (Å²) in [6, 6.07) is 15.0. The van der Waals surface area contributed by atoms with Gasteiger partial charge in [-0.15, -0.1) is 0 Å². The molecule has 6 heteroatoms. The zero-order chi connectivity index (χ0) is 19.6. The van der Waals surface area contributed by atoms with Crippen molar-refractivity contribution in [2.24, 2.45) is 5.10 Å². The number of aryl methyl sites for hydroxylation is 2. The summed E-state index contributed by atoms with van der Waals surface area (Å²) in [5, 5.41) is 13.9. The number of carbonyl (C=O) groups excluding carboxylic acids is 1. The average Bonchev–Trinajstić information content (AvgIpc) is 2.90. The van der Waals surface area contributed by atoms with E-state index in [0.717, 1.165) is 22.6 Å². The molecule has 2 N–H and O–H groups in total. The highest BCUT2D eigenvalue weighted by Crippen LogP contribution is 2.22. The minimum absolute atomic E-state index is 0.0940. The molecule has 0 atom stereocenters. The van der Waals surface area contributed by atoms with E-state index < -0.39 is 5.91 Å². The Morgan fingerprint density at radius 1 is 1.15 bits per heavy atom. The average molecular weight is 426 g/mol. The predicted octanol–water partition coefficient (Wildman–Crippen LogP) is 4.63. The molecule has 1 amide bonds. The number of amides is 1. The van der Waals surface area contributed by atoms with Gasteiger partial charge in [0.2, 0.25) is 0 Å². The number of benzene rings is 2. The summed E-state index contributed by atoms with van der Waals surface area (Å²) in [6.45, 7) is 6.11. The number of halogens is 1. The van der Waals surface area contributed by atoms with Gasteiger partial charge in [-0.2, -0.15) is 5.10 Å².